The summed E-state index contributed by atoms with van der Waals surface area (Å²) in [6.07, 6.45) is 5.56. The molecule has 0 aliphatic carbocycles. The van der Waals surface area contributed by atoms with Crippen molar-refractivity contribution in [2.24, 2.45) is 0 Å². The van der Waals surface area contributed by atoms with Gasteiger partial charge in [0.2, 0.25) is 0 Å². The molecular weight excluding hydrogens is 318 g/mol. The van der Waals surface area contributed by atoms with Crippen LogP contribution in [0.4, 0.5) is 5.82 Å². The van der Waals surface area contributed by atoms with Crippen molar-refractivity contribution < 1.29 is 0 Å². The zero-order chi connectivity index (χ0) is 16.9. The Hall–Kier alpha value is -2.73. The van der Waals surface area contributed by atoms with Crippen molar-refractivity contribution >= 4 is 23.1 Å². The van der Waals surface area contributed by atoms with Gasteiger partial charge in [0.25, 0.3) is 0 Å². The lowest BCUT2D eigenvalue weighted by atomic mass is 10.2. The maximum Gasteiger partial charge on any atom is 0.172 e. The number of hydrogen-bond acceptors (Lipinski definition) is 3. The highest BCUT2D eigenvalue weighted by Crippen LogP contribution is 2.11. The van der Waals surface area contributed by atoms with E-state index < -0.39 is 0 Å². The molecule has 0 amide bonds. The van der Waals surface area contributed by atoms with Crippen LogP contribution in [0.5, 0.6) is 0 Å². The maximum absolute atomic E-state index is 5.30. The third kappa shape index (κ3) is 3.97. The normalized spacial score (nSPS) is 10.4. The van der Waals surface area contributed by atoms with Crippen LogP contribution in [0.2, 0.25) is 0 Å². The number of rotatable bonds is 4. The SMILES string of the molecule is Cc1ccc(NC(=S)NCc2ccc(-n3ccnc3C)cc2)nc1. The first-order valence-corrected chi connectivity index (χ1v) is 8.09. The van der Waals surface area contributed by atoms with Crippen molar-refractivity contribution in [1.29, 1.82) is 0 Å². The molecule has 6 heteroatoms. The number of nitrogens with zero attached hydrogens (tertiary/aromatic N) is 3. The van der Waals surface area contributed by atoms with E-state index in [9.17, 15) is 0 Å². The Morgan fingerprint density at radius 2 is 1.88 bits per heavy atom. The molecular formula is C18H19N5S. The molecule has 0 aliphatic rings. The molecule has 0 bridgehead atoms. The van der Waals surface area contributed by atoms with E-state index in [4.69, 9.17) is 12.2 Å². The van der Waals surface area contributed by atoms with E-state index in [-0.39, 0.29) is 0 Å². The number of hydrogen-bond donors (Lipinski definition) is 2. The molecule has 2 heterocycles. The van der Waals surface area contributed by atoms with Gasteiger partial charge in [-0.3, -0.25) is 0 Å². The molecule has 0 radical (unpaired) electrons. The molecule has 0 saturated carbocycles. The summed E-state index contributed by atoms with van der Waals surface area (Å²) in [5.41, 5.74) is 3.36. The highest BCUT2D eigenvalue weighted by molar-refractivity contribution is 7.80. The van der Waals surface area contributed by atoms with Crippen LogP contribution in [0.25, 0.3) is 5.69 Å². The number of aryl methyl sites for hydroxylation is 2. The Kier molecular flexibility index (Phi) is 4.86. The third-order valence-electron chi connectivity index (χ3n) is 3.65. The molecule has 5 nitrogen and oxygen atoms in total. The fourth-order valence-electron chi connectivity index (χ4n) is 2.31. The molecule has 0 unspecified atom stereocenters. The largest absolute Gasteiger partial charge is 0.358 e. The Balaban J connectivity index is 1.55. The highest BCUT2D eigenvalue weighted by Gasteiger charge is 2.02. The lowest BCUT2D eigenvalue weighted by Gasteiger charge is -2.11. The predicted octanol–water partition coefficient (Wildman–Crippen LogP) is 3.37. The monoisotopic (exact) mass is 337 g/mol. The smallest absolute Gasteiger partial charge is 0.172 e. The summed E-state index contributed by atoms with van der Waals surface area (Å²) >= 11 is 5.30. The second kappa shape index (κ2) is 7.23. The number of benzene rings is 1. The van der Waals surface area contributed by atoms with Crippen LogP contribution < -0.4 is 10.6 Å². The van der Waals surface area contributed by atoms with Gasteiger partial charge in [-0.15, -0.1) is 0 Å². The second-order valence-corrected chi connectivity index (χ2v) is 5.95. The fourth-order valence-corrected chi connectivity index (χ4v) is 2.49. The number of thiocarbonyl (C=S) groups is 1. The van der Waals surface area contributed by atoms with Crippen molar-refractivity contribution in [3.8, 4) is 5.69 Å². The van der Waals surface area contributed by atoms with Gasteiger partial charge in [-0.25, -0.2) is 9.97 Å². The molecule has 1 aromatic carbocycles. The summed E-state index contributed by atoms with van der Waals surface area (Å²) in [4.78, 5) is 8.51. The first-order chi connectivity index (χ1) is 11.6. The summed E-state index contributed by atoms with van der Waals surface area (Å²) in [7, 11) is 0. The molecule has 24 heavy (non-hydrogen) atoms. The lowest BCUT2D eigenvalue weighted by Crippen LogP contribution is -2.28. The number of imidazole rings is 1. The quantitative estimate of drug-likeness (QED) is 0.715. The zero-order valence-corrected chi connectivity index (χ0v) is 14.5. The summed E-state index contributed by atoms with van der Waals surface area (Å²) in [6.45, 7) is 4.64. The average Bonchev–Trinajstić information content (AvgIpc) is 3.02. The van der Waals surface area contributed by atoms with Gasteiger partial charge in [-0.05, 0) is 55.4 Å². The van der Waals surface area contributed by atoms with E-state index >= 15 is 0 Å². The maximum atomic E-state index is 5.30. The van der Waals surface area contributed by atoms with Gasteiger partial charge in [-0.1, -0.05) is 18.2 Å². The van der Waals surface area contributed by atoms with E-state index in [1.165, 1.54) is 0 Å². The minimum atomic E-state index is 0.556. The summed E-state index contributed by atoms with van der Waals surface area (Å²) in [6, 6.07) is 12.2. The Labute approximate surface area is 146 Å². The first kappa shape index (κ1) is 16.1. The fraction of sp³-hybridized carbons (Fsp3) is 0.167. The minimum absolute atomic E-state index is 0.556. The van der Waals surface area contributed by atoms with Crippen molar-refractivity contribution in [2.75, 3.05) is 5.32 Å². The van der Waals surface area contributed by atoms with Crippen LogP contribution in [0.15, 0.2) is 55.0 Å². The Morgan fingerprint density at radius 1 is 1.08 bits per heavy atom. The van der Waals surface area contributed by atoms with Gasteiger partial charge < -0.3 is 15.2 Å². The van der Waals surface area contributed by atoms with Gasteiger partial charge in [0.15, 0.2) is 5.11 Å². The standard InChI is InChI=1S/C18H19N5S/c1-13-3-8-17(20-11-13)22-18(24)21-12-15-4-6-16(7-5-15)23-10-9-19-14(23)2/h3-11H,12H2,1-2H3,(H2,20,21,22,24). The topological polar surface area (TPSA) is 54.8 Å². The molecule has 0 atom stereocenters. The van der Waals surface area contributed by atoms with Crippen molar-refractivity contribution in [3.63, 3.8) is 0 Å². The molecule has 122 valence electrons. The number of pyridine rings is 1. The van der Waals surface area contributed by atoms with Crippen molar-refractivity contribution in [3.05, 3.63) is 71.9 Å². The molecule has 0 aliphatic heterocycles. The number of aromatic nitrogens is 3. The van der Waals surface area contributed by atoms with Gasteiger partial charge in [0, 0.05) is 30.8 Å². The van der Waals surface area contributed by atoms with E-state index in [1.807, 2.05) is 42.9 Å². The van der Waals surface area contributed by atoms with E-state index in [0.717, 1.165) is 28.5 Å². The van der Waals surface area contributed by atoms with Gasteiger partial charge in [-0.2, -0.15) is 0 Å². The minimum Gasteiger partial charge on any atom is -0.358 e. The average molecular weight is 337 g/mol. The van der Waals surface area contributed by atoms with Gasteiger partial charge >= 0.3 is 0 Å². The predicted molar refractivity (Wildman–Crippen MR) is 100 cm³/mol. The second-order valence-electron chi connectivity index (χ2n) is 5.54. The highest BCUT2D eigenvalue weighted by atomic mass is 32.1. The van der Waals surface area contributed by atoms with E-state index in [0.29, 0.717) is 11.7 Å². The van der Waals surface area contributed by atoms with E-state index in [1.54, 1.807) is 6.20 Å². The van der Waals surface area contributed by atoms with Crippen molar-refractivity contribution in [2.45, 2.75) is 20.4 Å². The first-order valence-electron chi connectivity index (χ1n) is 7.68. The Morgan fingerprint density at radius 3 is 2.50 bits per heavy atom. The summed E-state index contributed by atoms with van der Waals surface area (Å²) < 4.78 is 2.05. The molecule has 2 N–H and O–H groups in total. The summed E-state index contributed by atoms with van der Waals surface area (Å²) in [5.74, 6) is 1.71. The molecule has 3 rings (SSSR count). The number of nitrogens with one attached hydrogen (secondary N) is 2. The molecule has 0 spiro atoms. The molecule has 2 aromatic heterocycles. The van der Waals surface area contributed by atoms with Crippen LogP contribution in [0.3, 0.4) is 0 Å². The van der Waals surface area contributed by atoms with Crippen molar-refractivity contribution in [1.82, 2.24) is 19.9 Å². The Bertz CT molecular complexity index is 821. The van der Waals surface area contributed by atoms with Gasteiger partial charge in [0.1, 0.15) is 11.6 Å². The van der Waals surface area contributed by atoms with Crippen LogP contribution in [-0.4, -0.2) is 19.6 Å². The number of anilines is 1. The zero-order valence-electron chi connectivity index (χ0n) is 13.7. The van der Waals surface area contributed by atoms with E-state index in [2.05, 4.69) is 44.9 Å². The van der Waals surface area contributed by atoms with Crippen LogP contribution in [0, 0.1) is 13.8 Å². The van der Waals surface area contributed by atoms with Crippen LogP contribution in [0.1, 0.15) is 17.0 Å². The molecule has 3 aromatic rings. The lowest BCUT2D eigenvalue weighted by molar-refractivity contribution is 0.919. The van der Waals surface area contributed by atoms with Crippen LogP contribution >= 0.6 is 12.2 Å². The molecule has 0 saturated heterocycles. The van der Waals surface area contributed by atoms with Crippen LogP contribution in [-0.2, 0) is 6.54 Å². The third-order valence-corrected chi connectivity index (χ3v) is 3.89. The summed E-state index contributed by atoms with van der Waals surface area (Å²) in [5, 5.41) is 6.82. The van der Waals surface area contributed by atoms with Gasteiger partial charge in [0.05, 0.1) is 0 Å². The molecule has 0 fully saturated rings.